The Bertz CT molecular complexity index is 565. The zero-order chi connectivity index (χ0) is 12.4. The number of carbonyl (C=O) groups excluding carboxylic acids is 1. The number of hydrogen-bond donors (Lipinski definition) is 3. The molecular formula is C11H12N6O. The highest BCUT2D eigenvalue weighted by atomic mass is 16.2. The smallest absolute Gasteiger partial charge is 0.297 e. The summed E-state index contributed by atoms with van der Waals surface area (Å²) in [6.45, 7) is 1.73. The lowest BCUT2D eigenvalue weighted by Gasteiger charge is -2.20. The summed E-state index contributed by atoms with van der Waals surface area (Å²) in [6, 6.07) is 5.90. The molecule has 0 radical (unpaired) electrons. The van der Waals surface area contributed by atoms with Crippen molar-refractivity contribution in [2.45, 2.75) is 13.0 Å². The molecule has 0 saturated carbocycles. The molecule has 0 saturated heterocycles. The lowest BCUT2D eigenvalue weighted by molar-refractivity contribution is 0.101. The molecule has 3 N–H and O–H groups in total. The van der Waals surface area contributed by atoms with Crippen LogP contribution in [-0.4, -0.2) is 33.1 Å². The standard InChI is InChI=1S/C11H12N6O/c18-11(10-14-16-17-15-10)13-9-3-1-2-7-4-5-12-6-8(7)9/h1-3,12H,4-6H2,(H,13,18)(H,14,15,16,17). The van der Waals surface area contributed by atoms with E-state index in [1.807, 2.05) is 12.1 Å². The van der Waals surface area contributed by atoms with Gasteiger partial charge in [0, 0.05) is 12.2 Å². The number of aromatic amines is 1. The second-order valence-electron chi connectivity index (χ2n) is 4.06. The molecule has 1 aromatic heterocycles. The van der Waals surface area contributed by atoms with Gasteiger partial charge in [-0.05, 0) is 35.4 Å². The van der Waals surface area contributed by atoms with Crippen molar-refractivity contribution in [3.63, 3.8) is 0 Å². The minimum absolute atomic E-state index is 0.0383. The van der Waals surface area contributed by atoms with Crippen LogP contribution >= 0.6 is 0 Å². The molecule has 2 heterocycles. The molecule has 2 aromatic rings. The summed E-state index contributed by atoms with van der Waals surface area (Å²) in [4.78, 5) is 11.8. The van der Waals surface area contributed by atoms with E-state index in [1.54, 1.807) is 0 Å². The normalized spacial score (nSPS) is 14.0. The minimum atomic E-state index is -0.359. The van der Waals surface area contributed by atoms with E-state index >= 15 is 0 Å². The van der Waals surface area contributed by atoms with Gasteiger partial charge in [-0.3, -0.25) is 4.79 Å². The quantitative estimate of drug-likeness (QED) is 0.696. The Morgan fingerprint density at radius 2 is 2.33 bits per heavy atom. The zero-order valence-electron chi connectivity index (χ0n) is 9.60. The molecule has 0 unspecified atom stereocenters. The first-order valence-corrected chi connectivity index (χ1v) is 5.71. The molecule has 1 aliphatic rings. The van der Waals surface area contributed by atoms with E-state index in [4.69, 9.17) is 0 Å². The molecule has 0 spiro atoms. The highest BCUT2D eigenvalue weighted by molar-refractivity contribution is 6.01. The first kappa shape index (κ1) is 10.8. The van der Waals surface area contributed by atoms with Crippen LogP contribution in [0.3, 0.4) is 0 Å². The number of rotatable bonds is 2. The number of anilines is 1. The van der Waals surface area contributed by atoms with Crippen LogP contribution < -0.4 is 10.6 Å². The van der Waals surface area contributed by atoms with E-state index in [0.717, 1.165) is 30.8 Å². The summed E-state index contributed by atoms with van der Waals surface area (Å²) in [5.74, 6) is -0.320. The second kappa shape index (κ2) is 4.53. The van der Waals surface area contributed by atoms with E-state index < -0.39 is 0 Å². The highest BCUT2D eigenvalue weighted by Gasteiger charge is 2.16. The van der Waals surface area contributed by atoms with Crippen molar-refractivity contribution in [2.75, 3.05) is 11.9 Å². The predicted octanol–water partition coefficient (Wildman–Crippen LogP) is 0.0977. The van der Waals surface area contributed by atoms with Crippen molar-refractivity contribution >= 4 is 11.6 Å². The number of tetrazole rings is 1. The SMILES string of the molecule is O=C(Nc1cccc2c1CNCC2)c1nn[nH]n1. The van der Waals surface area contributed by atoms with E-state index in [0.29, 0.717) is 0 Å². The lowest BCUT2D eigenvalue weighted by atomic mass is 9.99. The number of H-pyrrole nitrogens is 1. The van der Waals surface area contributed by atoms with Crippen LogP contribution in [0.2, 0.25) is 0 Å². The monoisotopic (exact) mass is 244 g/mol. The van der Waals surface area contributed by atoms with Gasteiger partial charge in [0.25, 0.3) is 11.7 Å². The number of aromatic nitrogens is 4. The molecule has 0 bridgehead atoms. The fourth-order valence-corrected chi connectivity index (χ4v) is 2.07. The van der Waals surface area contributed by atoms with Crippen molar-refractivity contribution < 1.29 is 4.79 Å². The van der Waals surface area contributed by atoms with Gasteiger partial charge in [0.15, 0.2) is 0 Å². The summed E-state index contributed by atoms with van der Waals surface area (Å²) in [5.41, 5.74) is 3.19. The fraction of sp³-hybridized carbons (Fsp3) is 0.273. The third-order valence-electron chi connectivity index (χ3n) is 2.94. The van der Waals surface area contributed by atoms with Gasteiger partial charge < -0.3 is 10.6 Å². The highest BCUT2D eigenvalue weighted by Crippen LogP contribution is 2.23. The molecular weight excluding hydrogens is 232 g/mol. The Morgan fingerprint density at radius 3 is 3.17 bits per heavy atom. The van der Waals surface area contributed by atoms with Gasteiger partial charge >= 0.3 is 0 Å². The van der Waals surface area contributed by atoms with E-state index in [9.17, 15) is 4.79 Å². The maximum Gasteiger partial charge on any atom is 0.297 e. The molecule has 92 valence electrons. The van der Waals surface area contributed by atoms with Gasteiger partial charge in [-0.25, -0.2) is 0 Å². The molecule has 1 aromatic carbocycles. The summed E-state index contributed by atoms with van der Waals surface area (Å²) in [6.07, 6.45) is 0.973. The Balaban J connectivity index is 1.87. The average molecular weight is 244 g/mol. The van der Waals surface area contributed by atoms with Crippen molar-refractivity contribution in [3.05, 3.63) is 35.2 Å². The number of fused-ring (bicyclic) bond motifs is 1. The van der Waals surface area contributed by atoms with Crippen LogP contribution in [0.25, 0.3) is 0 Å². The zero-order valence-corrected chi connectivity index (χ0v) is 9.60. The van der Waals surface area contributed by atoms with Crippen LogP contribution in [0.4, 0.5) is 5.69 Å². The second-order valence-corrected chi connectivity index (χ2v) is 4.06. The molecule has 0 aliphatic carbocycles. The van der Waals surface area contributed by atoms with Crippen molar-refractivity contribution in [1.82, 2.24) is 25.9 Å². The molecule has 7 heteroatoms. The molecule has 1 amide bonds. The first-order chi connectivity index (χ1) is 8.84. The van der Waals surface area contributed by atoms with Gasteiger partial charge in [0.1, 0.15) is 0 Å². The molecule has 0 fully saturated rings. The van der Waals surface area contributed by atoms with Crippen LogP contribution in [0.15, 0.2) is 18.2 Å². The Labute approximate surface area is 103 Å². The van der Waals surface area contributed by atoms with Crippen molar-refractivity contribution in [3.8, 4) is 0 Å². The average Bonchev–Trinajstić information content (AvgIpc) is 2.93. The van der Waals surface area contributed by atoms with Gasteiger partial charge in [0.05, 0.1) is 0 Å². The summed E-state index contributed by atoms with van der Waals surface area (Å²) in [5, 5.41) is 19.0. The van der Waals surface area contributed by atoms with Crippen LogP contribution in [0.1, 0.15) is 21.7 Å². The predicted molar refractivity (Wildman–Crippen MR) is 64.0 cm³/mol. The number of nitrogens with zero attached hydrogens (tertiary/aromatic N) is 3. The maximum atomic E-state index is 11.8. The molecule has 3 rings (SSSR count). The summed E-state index contributed by atoms with van der Waals surface area (Å²) in [7, 11) is 0. The number of carbonyl (C=O) groups is 1. The minimum Gasteiger partial charge on any atom is -0.319 e. The van der Waals surface area contributed by atoms with Crippen LogP contribution in [0.5, 0.6) is 0 Å². The van der Waals surface area contributed by atoms with Gasteiger partial charge in [-0.15, -0.1) is 10.2 Å². The van der Waals surface area contributed by atoms with Crippen LogP contribution in [-0.2, 0) is 13.0 Å². The summed E-state index contributed by atoms with van der Waals surface area (Å²) < 4.78 is 0. The third-order valence-corrected chi connectivity index (χ3v) is 2.94. The number of benzene rings is 1. The van der Waals surface area contributed by atoms with E-state index in [-0.39, 0.29) is 11.7 Å². The van der Waals surface area contributed by atoms with Crippen LogP contribution in [0, 0.1) is 0 Å². The molecule has 18 heavy (non-hydrogen) atoms. The summed E-state index contributed by atoms with van der Waals surface area (Å²) >= 11 is 0. The van der Waals surface area contributed by atoms with E-state index in [2.05, 4.69) is 37.3 Å². The number of hydrogen-bond acceptors (Lipinski definition) is 5. The largest absolute Gasteiger partial charge is 0.319 e. The Morgan fingerprint density at radius 1 is 1.39 bits per heavy atom. The Hall–Kier alpha value is -2.28. The third kappa shape index (κ3) is 1.95. The lowest BCUT2D eigenvalue weighted by Crippen LogP contribution is -2.25. The first-order valence-electron chi connectivity index (χ1n) is 5.71. The molecule has 7 nitrogen and oxygen atoms in total. The maximum absolute atomic E-state index is 11.8. The number of amides is 1. The molecule has 0 atom stereocenters. The van der Waals surface area contributed by atoms with Gasteiger partial charge in [-0.2, -0.15) is 5.21 Å². The van der Waals surface area contributed by atoms with E-state index in [1.165, 1.54) is 5.56 Å². The Kier molecular flexibility index (Phi) is 2.73. The number of nitrogens with one attached hydrogen (secondary N) is 3. The topological polar surface area (TPSA) is 95.6 Å². The fourth-order valence-electron chi connectivity index (χ4n) is 2.07. The molecule has 1 aliphatic heterocycles. The van der Waals surface area contributed by atoms with Crippen molar-refractivity contribution in [2.24, 2.45) is 0 Å². The van der Waals surface area contributed by atoms with Gasteiger partial charge in [-0.1, -0.05) is 12.1 Å². The van der Waals surface area contributed by atoms with Gasteiger partial charge in [0.2, 0.25) is 0 Å². The van der Waals surface area contributed by atoms with Crippen molar-refractivity contribution in [1.29, 1.82) is 0 Å².